The topological polar surface area (TPSA) is 134 Å². The molecule has 3 rings (SSSR count). The van der Waals surface area contributed by atoms with Gasteiger partial charge in [-0.3, -0.25) is 25.2 Å². The van der Waals surface area contributed by atoms with Crippen molar-refractivity contribution in [3.63, 3.8) is 0 Å². The molecule has 0 atom stereocenters. The second kappa shape index (κ2) is 9.27. The highest BCUT2D eigenvalue weighted by Gasteiger charge is 2.23. The number of esters is 1. The molecule has 0 aliphatic heterocycles. The van der Waals surface area contributed by atoms with Crippen molar-refractivity contribution in [2.24, 2.45) is 4.99 Å². The molecule has 0 amide bonds. The van der Waals surface area contributed by atoms with E-state index in [4.69, 9.17) is 9.47 Å². The van der Waals surface area contributed by atoms with Crippen LogP contribution in [0.4, 0.5) is 17.1 Å². The van der Waals surface area contributed by atoms with E-state index in [2.05, 4.69) is 4.99 Å². The summed E-state index contributed by atoms with van der Waals surface area (Å²) >= 11 is 0. The number of hydrogen-bond acceptors (Lipinski definition) is 8. The largest absolute Gasteiger partial charge is 0.497 e. The standard InChI is InChI=1S/C21H15N3O7/c1-30-18-9-2-14(3-10-18)13-22-16-6-4-15(5-7-16)21(25)31-20-11-8-17(23(26)27)12-19(20)24(28)29/h2-13H,1H3. The van der Waals surface area contributed by atoms with Crippen molar-refractivity contribution in [3.05, 3.63) is 98.1 Å². The van der Waals surface area contributed by atoms with Gasteiger partial charge in [0.1, 0.15) is 5.75 Å². The number of rotatable bonds is 7. The monoisotopic (exact) mass is 421 g/mol. The van der Waals surface area contributed by atoms with Crippen molar-refractivity contribution in [2.75, 3.05) is 7.11 Å². The maximum atomic E-state index is 12.3. The molecule has 3 aromatic carbocycles. The van der Waals surface area contributed by atoms with Gasteiger partial charge in [0.25, 0.3) is 5.69 Å². The first-order valence-corrected chi connectivity index (χ1v) is 8.80. The smallest absolute Gasteiger partial charge is 0.343 e. The van der Waals surface area contributed by atoms with Crippen LogP contribution in [0.15, 0.2) is 71.7 Å². The van der Waals surface area contributed by atoms with Crippen LogP contribution in [0.5, 0.6) is 11.5 Å². The lowest BCUT2D eigenvalue weighted by Gasteiger charge is -2.05. The zero-order chi connectivity index (χ0) is 22.4. The number of aliphatic imine (C=N–C) groups is 1. The van der Waals surface area contributed by atoms with E-state index in [1.165, 1.54) is 12.1 Å². The summed E-state index contributed by atoms with van der Waals surface area (Å²) in [6.07, 6.45) is 1.65. The van der Waals surface area contributed by atoms with Crippen LogP contribution < -0.4 is 9.47 Å². The maximum absolute atomic E-state index is 12.3. The van der Waals surface area contributed by atoms with Crippen molar-refractivity contribution in [2.45, 2.75) is 0 Å². The van der Waals surface area contributed by atoms with Crippen LogP contribution in [-0.4, -0.2) is 29.1 Å². The molecule has 31 heavy (non-hydrogen) atoms. The van der Waals surface area contributed by atoms with Gasteiger partial charge >= 0.3 is 11.7 Å². The number of carbonyl (C=O) groups excluding carboxylic acids is 1. The predicted octanol–water partition coefficient (Wildman–Crippen LogP) is 4.48. The molecule has 0 aliphatic rings. The molecule has 0 radical (unpaired) electrons. The molecule has 10 nitrogen and oxygen atoms in total. The highest BCUT2D eigenvalue weighted by molar-refractivity contribution is 5.92. The number of nitrogens with zero attached hydrogens (tertiary/aromatic N) is 3. The molecule has 10 heteroatoms. The molecule has 0 fully saturated rings. The number of nitro groups is 2. The van der Waals surface area contributed by atoms with E-state index in [1.807, 2.05) is 12.1 Å². The average Bonchev–Trinajstić information content (AvgIpc) is 2.78. The van der Waals surface area contributed by atoms with Gasteiger partial charge in [-0.2, -0.15) is 0 Å². The summed E-state index contributed by atoms with van der Waals surface area (Å²) in [6.45, 7) is 0. The number of non-ortho nitro benzene ring substituents is 1. The molecule has 0 bridgehead atoms. The van der Waals surface area contributed by atoms with Gasteiger partial charge < -0.3 is 9.47 Å². The molecule has 0 saturated carbocycles. The zero-order valence-corrected chi connectivity index (χ0v) is 16.1. The first kappa shape index (κ1) is 21.1. The van der Waals surface area contributed by atoms with Gasteiger partial charge in [0, 0.05) is 12.3 Å². The quantitative estimate of drug-likeness (QED) is 0.180. The molecule has 156 valence electrons. The van der Waals surface area contributed by atoms with Gasteiger partial charge in [0.15, 0.2) is 0 Å². The van der Waals surface area contributed by atoms with Gasteiger partial charge in [-0.1, -0.05) is 0 Å². The fraction of sp³-hybridized carbons (Fsp3) is 0.0476. The summed E-state index contributed by atoms with van der Waals surface area (Å²) in [7, 11) is 1.58. The SMILES string of the molecule is COc1ccc(C=Nc2ccc(C(=O)Oc3ccc([N+](=O)[O-])cc3[N+](=O)[O-])cc2)cc1. The van der Waals surface area contributed by atoms with E-state index in [9.17, 15) is 25.0 Å². The Balaban J connectivity index is 1.72. The Hall–Kier alpha value is -4.60. The molecule has 0 aromatic heterocycles. The van der Waals surface area contributed by atoms with E-state index in [1.54, 1.807) is 37.6 Å². The summed E-state index contributed by atoms with van der Waals surface area (Å²) < 4.78 is 10.2. The Morgan fingerprint density at radius 1 is 0.935 bits per heavy atom. The van der Waals surface area contributed by atoms with Gasteiger partial charge in [-0.25, -0.2) is 4.79 Å². The summed E-state index contributed by atoms with van der Waals surface area (Å²) in [5, 5.41) is 21.9. The van der Waals surface area contributed by atoms with Crippen LogP contribution in [0, 0.1) is 20.2 Å². The third-order valence-corrected chi connectivity index (χ3v) is 4.13. The summed E-state index contributed by atoms with van der Waals surface area (Å²) in [4.78, 5) is 37.0. The van der Waals surface area contributed by atoms with Crippen LogP contribution in [-0.2, 0) is 0 Å². The molecule has 0 unspecified atom stereocenters. The van der Waals surface area contributed by atoms with Gasteiger partial charge in [-0.15, -0.1) is 0 Å². The molecule has 3 aromatic rings. The highest BCUT2D eigenvalue weighted by Crippen LogP contribution is 2.31. The Kier molecular flexibility index (Phi) is 6.31. The lowest BCUT2D eigenvalue weighted by Crippen LogP contribution is -2.09. The highest BCUT2D eigenvalue weighted by atomic mass is 16.6. The van der Waals surface area contributed by atoms with E-state index >= 15 is 0 Å². The zero-order valence-electron chi connectivity index (χ0n) is 16.1. The second-order valence-corrected chi connectivity index (χ2v) is 6.13. The molecule has 0 saturated heterocycles. The van der Waals surface area contributed by atoms with E-state index in [-0.39, 0.29) is 11.3 Å². The van der Waals surface area contributed by atoms with Gasteiger partial charge in [-0.05, 0) is 60.2 Å². The molecular weight excluding hydrogens is 406 g/mol. The molecular formula is C21H15N3O7. The lowest BCUT2D eigenvalue weighted by atomic mass is 10.2. The Morgan fingerprint density at radius 3 is 2.19 bits per heavy atom. The lowest BCUT2D eigenvalue weighted by molar-refractivity contribution is -0.394. The van der Waals surface area contributed by atoms with Crippen LogP contribution in [0.3, 0.4) is 0 Å². The first-order chi connectivity index (χ1) is 14.9. The minimum Gasteiger partial charge on any atom is -0.497 e. The minimum absolute atomic E-state index is 0.135. The molecule has 0 spiro atoms. The molecule has 0 aliphatic carbocycles. The van der Waals surface area contributed by atoms with Crippen LogP contribution in [0.2, 0.25) is 0 Å². The Bertz CT molecular complexity index is 1160. The van der Waals surface area contributed by atoms with Gasteiger partial charge in [0.05, 0.1) is 34.3 Å². The maximum Gasteiger partial charge on any atom is 0.343 e. The van der Waals surface area contributed by atoms with Crippen molar-refractivity contribution in [1.82, 2.24) is 0 Å². The number of benzene rings is 3. The number of ether oxygens (including phenoxy) is 2. The van der Waals surface area contributed by atoms with Crippen LogP contribution in [0.25, 0.3) is 0 Å². The molecule has 0 N–H and O–H groups in total. The first-order valence-electron chi connectivity index (χ1n) is 8.80. The van der Waals surface area contributed by atoms with Crippen molar-refractivity contribution in [3.8, 4) is 11.5 Å². The summed E-state index contributed by atoms with van der Waals surface area (Å²) in [5.41, 5.74) is 0.410. The minimum atomic E-state index is -0.855. The van der Waals surface area contributed by atoms with Gasteiger partial charge in [0.2, 0.25) is 5.75 Å². The number of methoxy groups -OCH3 is 1. The third kappa shape index (κ3) is 5.26. The van der Waals surface area contributed by atoms with Crippen LogP contribution >= 0.6 is 0 Å². The van der Waals surface area contributed by atoms with Crippen molar-refractivity contribution < 1.29 is 24.1 Å². The fourth-order valence-electron chi connectivity index (χ4n) is 2.53. The fourth-order valence-corrected chi connectivity index (χ4v) is 2.53. The van der Waals surface area contributed by atoms with Crippen molar-refractivity contribution >= 4 is 29.2 Å². The van der Waals surface area contributed by atoms with Crippen molar-refractivity contribution in [1.29, 1.82) is 0 Å². The average molecular weight is 421 g/mol. The normalized spacial score (nSPS) is 10.6. The Morgan fingerprint density at radius 2 is 1.61 bits per heavy atom. The Labute approximate surface area is 175 Å². The van der Waals surface area contributed by atoms with E-state index < -0.39 is 27.2 Å². The van der Waals surface area contributed by atoms with E-state index in [0.717, 1.165) is 29.5 Å². The predicted molar refractivity (Wildman–Crippen MR) is 111 cm³/mol. The number of carbonyl (C=O) groups is 1. The summed E-state index contributed by atoms with van der Waals surface area (Å²) in [6, 6.07) is 16.1. The number of nitro benzene ring substituents is 2. The second-order valence-electron chi connectivity index (χ2n) is 6.13. The number of hydrogen-bond donors (Lipinski definition) is 0. The third-order valence-electron chi connectivity index (χ3n) is 4.13. The van der Waals surface area contributed by atoms with Crippen LogP contribution in [0.1, 0.15) is 15.9 Å². The van der Waals surface area contributed by atoms with E-state index in [0.29, 0.717) is 5.69 Å². The summed E-state index contributed by atoms with van der Waals surface area (Å²) in [5.74, 6) is -0.502. The molecule has 0 heterocycles.